The summed E-state index contributed by atoms with van der Waals surface area (Å²) in [4.78, 5) is 16.4. The number of ether oxygens (including phenoxy) is 2. The third-order valence-corrected chi connectivity index (χ3v) is 12.0. The fourth-order valence-corrected chi connectivity index (χ4v) is 7.84. The minimum Gasteiger partial charge on any atom is -0.386 e. The first-order valence-electron chi connectivity index (χ1n) is 17.1. The smallest absolute Gasteiger partial charge is 0.168 e. The van der Waals surface area contributed by atoms with Crippen LogP contribution in [0.3, 0.4) is 0 Å². The number of hydrogen-bond donors (Lipinski definition) is 7. The number of benzene rings is 2. The molecule has 0 spiro atoms. The van der Waals surface area contributed by atoms with E-state index in [-0.39, 0.29) is 40.7 Å². The molecule has 23 heteroatoms. The lowest BCUT2D eigenvalue weighted by Crippen LogP contribution is -2.47. The Morgan fingerprint density at radius 3 is 1.56 bits per heavy atom. The van der Waals surface area contributed by atoms with Gasteiger partial charge in [0.15, 0.2) is 18.3 Å². The maximum atomic E-state index is 11.0. The summed E-state index contributed by atoms with van der Waals surface area (Å²) in [5, 5.41) is 67.5. The summed E-state index contributed by atoms with van der Waals surface area (Å²) in [6, 6.07) is 12.7. The number of rotatable bonds is 7. The van der Waals surface area contributed by atoms with E-state index in [4.69, 9.17) is 61.6 Å². The fourth-order valence-electron chi connectivity index (χ4n) is 7.05. The Balaban J connectivity index is 0.000000217. The van der Waals surface area contributed by atoms with Gasteiger partial charge in [-0.3, -0.25) is 0 Å². The van der Waals surface area contributed by atoms with Crippen LogP contribution in [-0.2, 0) is 9.47 Å². The minimum absolute atomic E-state index is 0. The standard InChI is InChI=1S/C18H17Cl2N4O4P.C18H18Cl2N4O4.2ClH/c1-18(27)13(26)17(24-5-4-9-15(23-29)21-7-22-16(9)24)28-14(18)12(25)8-2-3-10(19)11(20)6-8;1-18(27)13(26)17(24-5-4-9-15(21)22-7-23-16(9)24)28-14(18)12(25)8-2-3-10(19)11(20)6-8;;/h2-7,12-14,17,25-27,29H,1H3;2-7,12-14,17,25-27H,1H3,(H2,21,22,23);2*1H/t2*12-,13+,14-,17-,18+;;/m11../s1. The van der Waals surface area contributed by atoms with E-state index < -0.39 is 60.3 Å². The van der Waals surface area contributed by atoms with Gasteiger partial charge in [-0.1, -0.05) is 58.5 Å². The predicted molar refractivity (Wildman–Crippen MR) is 228 cm³/mol. The van der Waals surface area contributed by atoms with Gasteiger partial charge < -0.3 is 55.0 Å². The van der Waals surface area contributed by atoms with Gasteiger partial charge in [0.25, 0.3) is 0 Å². The number of aliphatic hydroxyl groups excluding tert-OH is 4. The summed E-state index contributed by atoms with van der Waals surface area (Å²) in [6.07, 6.45) is -3.57. The van der Waals surface area contributed by atoms with Gasteiger partial charge in [-0.15, -0.1) is 24.8 Å². The number of anilines is 1. The van der Waals surface area contributed by atoms with Crippen LogP contribution >= 0.6 is 80.2 Å². The van der Waals surface area contributed by atoms with Crippen molar-refractivity contribution in [1.82, 2.24) is 29.1 Å². The Morgan fingerprint density at radius 1 is 0.695 bits per heavy atom. The largest absolute Gasteiger partial charge is 0.386 e. The second-order valence-corrected chi connectivity index (χ2v) is 15.8. The molecule has 316 valence electrons. The van der Waals surface area contributed by atoms with Gasteiger partial charge in [0.2, 0.25) is 0 Å². The highest BCUT2D eigenvalue weighted by Gasteiger charge is 2.57. The number of hydrogen-bond acceptors (Lipinski definition) is 14. The average molecular weight is 953 g/mol. The van der Waals surface area contributed by atoms with E-state index in [0.29, 0.717) is 49.1 Å². The van der Waals surface area contributed by atoms with Gasteiger partial charge in [0, 0.05) is 12.4 Å². The predicted octanol–water partition coefficient (Wildman–Crippen LogP) is 6.35. The monoisotopic (exact) mass is 950 g/mol. The molecule has 10 atom stereocenters. The van der Waals surface area contributed by atoms with Crippen molar-refractivity contribution in [3.63, 3.8) is 0 Å². The number of nitrogens with zero attached hydrogens (tertiary/aromatic N) is 7. The van der Waals surface area contributed by atoms with E-state index in [0.717, 1.165) is 0 Å². The summed E-state index contributed by atoms with van der Waals surface area (Å²) in [7, 11) is 3.07. The highest BCUT2D eigenvalue weighted by molar-refractivity contribution is 7.04. The van der Waals surface area contributed by atoms with Crippen LogP contribution in [-0.4, -0.2) is 95.3 Å². The van der Waals surface area contributed by atoms with Gasteiger partial charge in [-0.25, -0.2) is 24.7 Å². The van der Waals surface area contributed by atoms with Crippen molar-refractivity contribution in [2.45, 2.75) is 74.1 Å². The summed E-state index contributed by atoms with van der Waals surface area (Å²) in [5.74, 6) is 0.701. The minimum atomic E-state index is -1.76. The van der Waals surface area contributed by atoms with E-state index in [2.05, 4.69) is 33.7 Å². The molecule has 2 aromatic carbocycles. The molecule has 0 radical (unpaired) electrons. The zero-order valence-electron chi connectivity index (χ0n) is 30.6. The van der Waals surface area contributed by atoms with E-state index in [1.54, 1.807) is 57.9 Å². The lowest BCUT2D eigenvalue weighted by Gasteiger charge is -2.29. The number of aliphatic hydroxyl groups is 6. The summed E-state index contributed by atoms with van der Waals surface area (Å²) in [6.45, 7) is 2.81. The first-order valence-corrected chi connectivity index (χ1v) is 19.1. The van der Waals surface area contributed by atoms with Crippen molar-refractivity contribution in [3.8, 4) is 0 Å². The van der Waals surface area contributed by atoms with Gasteiger partial charge in [0.1, 0.15) is 77.6 Å². The normalized spacial score (nSPS) is 27.4. The topological polar surface area (TPSA) is 240 Å². The lowest BCUT2D eigenvalue weighted by atomic mass is 9.88. The van der Waals surface area contributed by atoms with Gasteiger partial charge in [0.05, 0.1) is 30.9 Å². The molecule has 16 nitrogen and oxygen atoms in total. The highest BCUT2D eigenvalue weighted by Crippen LogP contribution is 2.46. The molecule has 0 bridgehead atoms. The van der Waals surface area contributed by atoms with Crippen LogP contribution in [0.2, 0.25) is 20.1 Å². The van der Waals surface area contributed by atoms with Crippen LogP contribution in [0.5, 0.6) is 0 Å². The van der Waals surface area contributed by atoms with Crippen molar-refractivity contribution in [2.24, 2.45) is 4.74 Å². The van der Waals surface area contributed by atoms with Gasteiger partial charge >= 0.3 is 0 Å². The molecule has 2 aliphatic rings. The molecule has 0 unspecified atom stereocenters. The molecule has 0 amide bonds. The van der Waals surface area contributed by atoms with Crippen molar-refractivity contribution >= 4 is 114 Å². The van der Waals surface area contributed by atoms with Crippen molar-refractivity contribution in [1.29, 1.82) is 0 Å². The number of aromatic nitrogens is 6. The van der Waals surface area contributed by atoms with Crippen LogP contribution < -0.4 is 5.73 Å². The Bertz CT molecular complexity index is 2480. The molecule has 59 heavy (non-hydrogen) atoms. The molecule has 0 saturated carbocycles. The van der Waals surface area contributed by atoms with Crippen molar-refractivity contribution in [2.75, 3.05) is 5.73 Å². The summed E-state index contributed by atoms with van der Waals surface area (Å²) >= 11 is 23.9. The maximum absolute atomic E-state index is 11.0. The number of fused-ring (bicyclic) bond motifs is 2. The van der Waals surface area contributed by atoms with Crippen molar-refractivity contribution < 1.29 is 40.1 Å². The van der Waals surface area contributed by atoms with Crippen LogP contribution in [0, 0.1) is 0 Å². The Hall–Kier alpha value is -3.00. The molecule has 8 N–H and O–H groups in total. The van der Waals surface area contributed by atoms with Gasteiger partial charge in [-0.05, 0) is 70.4 Å². The number of halogens is 6. The molecular weight excluding hydrogens is 916 g/mol. The number of nitrogen functional groups attached to an aromatic ring is 1. The van der Waals surface area contributed by atoms with Gasteiger partial charge in [-0.2, -0.15) is 0 Å². The quantitative estimate of drug-likeness (QED) is 0.0866. The van der Waals surface area contributed by atoms with Crippen LogP contribution in [0.1, 0.15) is 49.6 Å². The second-order valence-electron chi connectivity index (χ2n) is 14.0. The molecule has 2 saturated heterocycles. The van der Waals surface area contributed by atoms with Crippen molar-refractivity contribution in [3.05, 3.63) is 105 Å². The molecule has 8 rings (SSSR count). The zero-order valence-corrected chi connectivity index (χ0v) is 36.2. The number of nitrogens with two attached hydrogens (primary N) is 1. The summed E-state index contributed by atoms with van der Waals surface area (Å²) < 4.78 is 18.9. The lowest BCUT2D eigenvalue weighted by molar-refractivity contribution is -0.115. The Kier molecular flexibility index (Phi) is 14.5. The zero-order chi connectivity index (χ0) is 41.1. The Labute approximate surface area is 370 Å². The molecular formula is C36H37Cl6N8O8P. The first kappa shape index (κ1) is 47.1. The molecule has 2 aliphatic heterocycles. The Morgan fingerprint density at radius 2 is 1.12 bits per heavy atom. The van der Waals surface area contributed by atoms with E-state index in [1.165, 1.54) is 38.6 Å². The molecule has 6 heterocycles. The molecule has 4 aromatic heterocycles. The SMILES string of the molecule is C[C@@]1(O)[C@@H]([C@H](O)c2ccc(Cl)c(Cl)c2)O[C@@H](n2ccc3c(N)ncnc32)[C@@H]1O.C[C@@]1(O)[C@@H]([C@H](O)c2ccc(Cl)c(Cl)c2)O[C@@H](n2ccc3c(N=P)ncnc32)[C@@H]1O.Cl.Cl. The third-order valence-electron chi connectivity index (χ3n) is 10.3. The first-order chi connectivity index (χ1) is 27.0. The second kappa shape index (κ2) is 18.2. The average Bonchev–Trinajstić information content (AvgIpc) is 3.92. The highest BCUT2D eigenvalue weighted by atomic mass is 35.5. The molecule has 2 fully saturated rings. The molecule has 0 aliphatic carbocycles. The van der Waals surface area contributed by atoms with E-state index >= 15 is 0 Å². The molecule has 6 aromatic rings. The summed E-state index contributed by atoms with van der Waals surface area (Å²) in [5.41, 5.74) is 4.03. The third kappa shape index (κ3) is 8.48. The van der Waals surface area contributed by atoms with Crippen LogP contribution in [0.4, 0.5) is 11.6 Å². The van der Waals surface area contributed by atoms with E-state index in [9.17, 15) is 30.6 Å². The van der Waals surface area contributed by atoms with Crippen LogP contribution in [0.15, 0.2) is 78.3 Å². The fraction of sp³-hybridized carbons (Fsp3) is 0.333. The van der Waals surface area contributed by atoms with Crippen LogP contribution in [0.25, 0.3) is 22.1 Å². The maximum Gasteiger partial charge on any atom is 0.168 e. The van der Waals surface area contributed by atoms with E-state index in [1.807, 2.05) is 0 Å².